The summed E-state index contributed by atoms with van der Waals surface area (Å²) in [7, 11) is 0. The van der Waals surface area contributed by atoms with Gasteiger partial charge in [0, 0.05) is 17.8 Å². The molecule has 0 aliphatic carbocycles. The number of ether oxygens (including phenoxy) is 1. The van der Waals surface area contributed by atoms with Crippen molar-refractivity contribution in [3.05, 3.63) is 24.0 Å². The molecular formula is C19H29N3O2. The zero-order valence-corrected chi connectivity index (χ0v) is 15.7. The molecule has 2 unspecified atom stereocenters. The molecule has 5 nitrogen and oxygen atoms in total. The molecule has 0 radical (unpaired) electrons. The Hall–Kier alpha value is -1.78. The third-order valence-electron chi connectivity index (χ3n) is 4.64. The van der Waals surface area contributed by atoms with Crippen molar-refractivity contribution < 1.29 is 9.53 Å². The lowest BCUT2D eigenvalue weighted by atomic mass is 9.97. The predicted molar refractivity (Wildman–Crippen MR) is 94.7 cm³/mol. The van der Waals surface area contributed by atoms with Crippen molar-refractivity contribution in [2.24, 2.45) is 0 Å². The van der Waals surface area contributed by atoms with Crippen LogP contribution in [0.25, 0.3) is 5.57 Å². The number of aromatic nitrogens is 2. The van der Waals surface area contributed by atoms with E-state index in [2.05, 4.69) is 38.1 Å². The molecule has 5 heteroatoms. The molecule has 2 aliphatic heterocycles. The summed E-state index contributed by atoms with van der Waals surface area (Å²) >= 11 is 0. The van der Waals surface area contributed by atoms with E-state index in [0.29, 0.717) is 0 Å². The van der Waals surface area contributed by atoms with E-state index < -0.39 is 5.60 Å². The van der Waals surface area contributed by atoms with Crippen LogP contribution in [0, 0.1) is 0 Å². The fraction of sp³-hybridized carbons (Fsp3) is 0.684. The van der Waals surface area contributed by atoms with Crippen LogP contribution in [0.5, 0.6) is 0 Å². The molecule has 1 aromatic rings. The Morgan fingerprint density at radius 3 is 2.46 bits per heavy atom. The number of carbonyl (C=O) groups excluding carboxylic acids is 1. The van der Waals surface area contributed by atoms with E-state index in [0.717, 1.165) is 19.3 Å². The van der Waals surface area contributed by atoms with Crippen LogP contribution in [-0.4, -0.2) is 38.5 Å². The molecule has 1 aromatic heterocycles. The summed E-state index contributed by atoms with van der Waals surface area (Å²) in [6.45, 7) is 12.2. The van der Waals surface area contributed by atoms with Crippen molar-refractivity contribution in [3.63, 3.8) is 0 Å². The van der Waals surface area contributed by atoms with Gasteiger partial charge in [0.25, 0.3) is 0 Å². The first-order chi connectivity index (χ1) is 11.0. The normalized spacial score (nSPS) is 24.1. The zero-order valence-electron chi connectivity index (χ0n) is 15.7. The molecule has 0 spiro atoms. The molecule has 0 saturated carbocycles. The number of amides is 1. The minimum absolute atomic E-state index is 0.0188. The highest BCUT2D eigenvalue weighted by Crippen LogP contribution is 2.39. The third-order valence-corrected chi connectivity index (χ3v) is 4.64. The molecule has 1 amide bonds. The second kappa shape index (κ2) is 5.64. The first-order valence-electron chi connectivity index (χ1n) is 8.82. The molecule has 0 N–H and O–H groups in total. The van der Waals surface area contributed by atoms with Crippen LogP contribution < -0.4 is 0 Å². The Labute approximate surface area is 144 Å². The van der Waals surface area contributed by atoms with Crippen molar-refractivity contribution in [2.45, 2.75) is 84.0 Å². The summed E-state index contributed by atoms with van der Waals surface area (Å²) in [5.41, 5.74) is 2.01. The van der Waals surface area contributed by atoms with Gasteiger partial charge < -0.3 is 4.74 Å². The van der Waals surface area contributed by atoms with Gasteiger partial charge in [-0.3, -0.25) is 9.58 Å². The fourth-order valence-electron chi connectivity index (χ4n) is 3.50. The van der Waals surface area contributed by atoms with Gasteiger partial charge in [0.15, 0.2) is 0 Å². The lowest BCUT2D eigenvalue weighted by Crippen LogP contribution is -2.45. The minimum atomic E-state index is -0.450. The van der Waals surface area contributed by atoms with E-state index in [1.807, 2.05) is 36.5 Å². The monoisotopic (exact) mass is 331 g/mol. The van der Waals surface area contributed by atoms with Gasteiger partial charge in [-0.1, -0.05) is 6.08 Å². The van der Waals surface area contributed by atoms with Gasteiger partial charge in [-0.05, 0) is 66.4 Å². The maximum atomic E-state index is 12.5. The molecule has 2 aliphatic rings. The second-order valence-electron chi connectivity index (χ2n) is 8.93. The molecule has 2 bridgehead atoms. The van der Waals surface area contributed by atoms with Gasteiger partial charge in [-0.15, -0.1) is 0 Å². The van der Waals surface area contributed by atoms with Crippen molar-refractivity contribution in [1.29, 1.82) is 0 Å². The Bertz CT molecular complexity index is 661. The summed E-state index contributed by atoms with van der Waals surface area (Å²) < 4.78 is 7.59. The number of hydrogen-bond acceptors (Lipinski definition) is 3. The average molecular weight is 331 g/mol. The highest BCUT2D eigenvalue weighted by Gasteiger charge is 2.41. The van der Waals surface area contributed by atoms with Crippen LogP contribution in [0.2, 0.25) is 0 Å². The highest BCUT2D eigenvalue weighted by atomic mass is 16.6. The molecule has 2 atom stereocenters. The summed E-state index contributed by atoms with van der Waals surface area (Å²) in [5, 5.41) is 4.51. The van der Waals surface area contributed by atoms with Gasteiger partial charge in [0.1, 0.15) is 5.60 Å². The Balaban J connectivity index is 1.80. The Kier molecular flexibility index (Phi) is 4.01. The summed E-state index contributed by atoms with van der Waals surface area (Å²) in [5.74, 6) is 0. The number of fused-ring (bicyclic) bond motifs is 2. The van der Waals surface area contributed by atoms with Gasteiger partial charge in [-0.2, -0.15) is 5.10 Å². The first-order valence-corrected chi connectivity index (χ1v) is 8.82. The lowest BCUT2D eigenvalue weighted by molar-refractivity contribution is 0.0175. The fourth-order valence-corrected chi connectivity index (χ4v) is 3.50. The molecule has 3 heterocycles. The summed E-state index contributed by atoms with van der Waals surface area (Å²) in [6.07, 6.45) is 9.05. The Morgan fingerprint density at radius 1 is 1.21 bits per heavy atom. The van der Waals surface area contributed by atoms with Crippen LogP contribution in [0.3, 0.4) is 0 Å². The van der Waals surface area contributed by atoms with Gasteiger partial charge in [0.05, 0.1) is 17.8 Å². The van der Waals surface area contributed by atoms with Gasteiger partial charge >= 0.3 is 6.09 Å². The molecule has 3 rings (SSSR count). The maximum absolute atomic E-state index is 12.5. The van der Waals surface area contributed by atoms with E-state index in [-0.39, 0.29) is 23.7 Å². The number of nitrogens with zero attached hydrogens (tertiary/aromatic N) is 3. The number of hydrogen-bond donors (Lipinski definition) is 0. The Morgan fingerprint density at radius 2 is 1.92 bits per heavy atom. The third kappa shape index (κ3) is 3.35. The molecule has 1 saturated heterocycles. The largest absolute Gasteiger partial charge is 0.444 e. The van der Waals surface area contributed by atoms with Crippen LogP contribution >= 0.6 is 0 Å². The average Bonchev–Trinajstić information content (AvgIpc) is 3.00. The first kappa shape index (κ1) is 17.1. The quantitative estimate of drug-likeness (QED) is 0.775. The van der Waals surface area contributed by atoms with Gasteiger partial charge in [0.2, 0.25) is 0 Å². The topological polar surface area (TPSA) is 47.4 Å². The number of rotatable bonds is 1. The summed E-state index contributed by atoms with van der Waals surface area (Å²) in [6, 6.07) is 0.384. The lowest BCUT2D eigenvalue weighted by Gasteiger charge is -2.35. The standard InChI is InChI=1S/C19H29N3O2/c1-18(2,3)21-12-14(11-20-21)13-9-15-7-8-16(10-13)22(15)17(23)24-19(4,5)6/h9,11-12,15-16H,7-8,10H2,1-6H3. The zero-order chi connectivity index (χ0) is 17.7. The molecule has 0 aromatic carbocycles. The minimum Gasteiger partial charge on any atom is -0.444 e. The van der Waals surface area contributed by atoms with E-state index in [9.17, 15) is 4.79 Å². The molecule has 1 fully saturated rings. The number of carbonyl (C=O) groups is 1. The van der Waals surface area contributed by atoms with Gasteiger partial charge in [-0.25, -0.2) is 4.79 Å². The van der Waals surface area contributed by atoms with Crippen molar-refractivity contribution >= 4 is 11.7 Å². The van der Waals surface area contributed by atoms with Crippen LogP contribution in [0.4, 0.5) is 4.79 Å². The summed E-state index contributed by atoms with van der Waals surface area (Å²) in [4.78, 5) is 14.4. The van der Waals surface area contributed by atoms with Crippen molar-refractivity contribution in [1.82, 2.24) is 14.7 Å². The highest BCUT2D eigenvalue weighted by molar-refractivity contribution is 5.74. The van der Waals surface area contributed by atoms with Crippen molar-refractivity contribution in [3.8, 4) is 0 Å². The second-order valence-corrected chi connectivity index (χ2v) is 8.93. The smallest absolute Gasteiger partial charge is 0.411 e. The van der Waals surface area contributed by atoms with Crippen molar-refractivity contribution in [2.75, 3.05) is 0 Å². The van der Waals surface area contributed by atoms with E-state index in [1.54, 1.807) is 0 Å². The van der Waals surface area contributed by atoms with E-state index >= 15 is 0 Å². The van der Waals surface area contributed by atoms with Crippen LogP contribution in [0.1, 0.15) is 66.4 Å². The van der Waals surface area contributed by atoms with E-state index in [1.165, 1.54) is 11.1 Å². The van der Waals surface area contributed by atoms with Crippen LogP contribution in [-0.2, 0) is 10.3 Å². The molecule has 132 valence electrons. The predicted octanol–water partition coefficient (Wildman–Crippen LogP) is 4.19. The van der Waals surface area contributed by atoms with E-state index in [4.69, 9.17) is 4.74 Å². The molecule has 24 heavy (non-hydrogen) atoms. The van der Waals surface area contributed by atoms with Crippen LogP contribution in [0.15, 0.2) is 18.5 Å². The molecular weight excluding hydrogens is 302 g/mol. The maximum Gasteiger partial charge on any atom is 0.411 e. The SMILES string of the molecule is CC(C)(C)OC(=O)N1C2C=C(c3cnn(C(C)(C)C)c3)CC1CC2.